The Balaban J connectivity index is 2.07. The van der Waals surface area contributed by atoms with Crippen LogP contribution in [0.15, 0.2) is 18.2 Å². The average molecular weight is 278 g/mol. The lowest BCUT2D eigenvalue weighted by molar-refractivity contribution is -0.171. The summed E-state index contributed by atoms with van der Waals surface area (Å²) in [4.78, 5) is 6.96. The highest BCUT2D eigenvalue weighted by Gasteiger charge is 2.22. The van der Waals surface area contributed by atoms with Gasteiger partial charge in [0.05, 0.1) is 11.3 Å². The predicted octanol–water partition coefficient (Wildman–Crippen LogP) is 2.70. The molecule has 0 spiro atoms. The third-order valence-electron chi connectivity index (χ3n) is 3.65. The molecule has 112 valence electrons. The van der Waals surface area contributed by atoms with E-state index in [2.05, 4.69) is 23.0 Å². The second-order valence-electron chi connectivity index (χ2n) is 6.65. The highest BCUT2D eigenvalue weighted by molar-refractivity contribution is 5.16. The van der Waals surface area contributed by atoms with E-state index in [0.29, 0.717) is 11.6 Å². The van der Waals surface area contributed by atoms with Gasteiger partial charge in [-0.15, -0.1) is 0 Å². The van der Waals surface area contributed by atoms with Crippen LogP contribution in [0.25, 0.3) is 0 Å². The van der Waals surface area contributed by atoms with Gasteiger partial charge < -0.3 is 14.7 Å². The molecule has 2 rings (SSSR count). The quantitative estimate of drug-likeness (QED) is 0.864. The zero-order valence-electron chi connectivity index (χ0n) is 13.0. The Kier molecular flexibility index (Phi) is 4.78. The zero-order chi connectivity index (χ0) is 14.8. The van der Waals surface area contributed by atoms with Crippen LogP contribution in [-0.2, 0) is 4.74 Å². The molecule has 1 atom stereocenters. The van der Waals surface area contributed by atoms with Gasteiger partial charge in [0.25, 0.3) is 0 Å². The summed E-state index contributed by atoms with van der Waals surface area (Å²) in [5, 5.41) is 10.1. The summed E-state index contributed by atoms with van der Waals surface area (Å²) in [5.74, 6) is 0.494. The molecule has 0 aromatic carbocycles. The van der Waals surface area contributed by atoms with Crippen molar-refractivity contribution in [1.82, 2.24) is 9.88 Å². The topological polar surface area (TPSA) is 45.6 Å². The molecule has 0 aliphatic carbocycles. The van der Waals surface area contributed by atoms with Crippen molar-refractivity contribution in [3.63, 3.8) is 0 Å². The normalized spacial score (nSPS) is 20.1. The van der Waals surface area contributed by atoms with E-state index in [4.69, 9.17) is 4.74 Å². The predicted molar refractivity (Wildman–Crippen MR) is 79.5 cm³/mol. The van der Waals surface area contributed by atoms with Crippen molar-refractivity contribution in [3.05, 3.63) is 29.6 Å². The molecular weight excluding hydrogens is 252 g/mol. The Morgan fingerprint density at radius 1 is 1.30 bits per heavy atom. The van der Waals surface area contributed by atoms with Gasteiger partial charge in [-0.25, -0.2) is 0 Å². The van der Waals surface area contributed by atoms with Gasteiger partial charge in [0, 0.05) is 11.6 Å². The number of likely N-dealkylation sites (tertiary alicyclic amines) is 1. The minimum atomic E-state index is -0.957. The second-order valence-corrected chi connectivity index (χ2v) is 6.65. The summed E-state index contributed by atoms with van der Waals surface area (Å²) in [6, 6.07) is 5.85. The van der Waals surface area contributed by atoms with Gasteiger partial charge in [-0.2, -0.15) is 0 Å². The summed E-state index contributed by atoms with van der Waals surface area (Å²) < 4.78 is 5.57. The number of rotatable bonds is 3. The third-order valence-corrected chi connectivity index (χ3v) is 3.65. The van der Waals surface area contributed by atoms with E-state index in [1.807, 2.05) is 32.9 Å². The van der Waals surface area contributed by atoms with Gasteiger partial charge in [-0.05, 0) is 65.9 Å². The first-order valence-electron chi connectivity index (χ1n) is 7.36. The standard InChI is InChI=1S/C16H26N2O2/c1-16(2,3)20-15(19)14-7-5-6-13(17-14)12-8-10-18(4)11-9-12/h5-7,12,15,19H,8-11H2,1-4H3. The molecule has 4 heteroatoms. The first-order valence-corrected chi connectivity index (χ1v) is 7.36. The maximum Gasteiger partial charge on any atom is 0.199 e. The SMILES string of the molecule is CN1CCC(c2cccc(C(O)OC(C)(C)C)n2)CC1. The van der Waals surface area contributed by atoms with Crippen molar-refractivity contribution in [2.75, 3.05) is 20.1 Å². The Morgan fingerprint density at radius 3 is 2.55 bits per heavy atom. The van der Waals surface area contributed by atoms with Crippen LogP contribution in [-0.4, -0.2) is 40.7 Å². The molecule has 1 unspecified atom stereocenters. The number of aliphatic hydroxyl groups excluding tert-OH is 1. The Bertz CT molecular complexity index is 434. The number of piperidine rings is 1. The Labute approximate surface area is 121 Å². The molecule has 1 N–H and O–H groups in total. The van der Waals surface area contributed by atoms with Gasteiger partial charge >= 0.3 is 0 Å². The van der Waals surface area contributed by atoms with Crippen LogP contribution in [0, 0.1) is 0 Å². The zero-order valence-corrected chi connectivity index (χ0v) is 13.0. The number of aromatic nitrogens is 1. The summed E-state index contributed by atoms with van der Waals surface area (Å²) in [5.41, 5.74) is 1.30. The van der Waals surface area contributed by atoms with Crippen LogP contribution in [0.1, 0.15) is 57.2 Å². The highest BCUT2D eigenvalue weighted by Crippen LogP contribution is 2.27. The molecule has 1 aliphatic rings. The van der Waals surface area contributed by atoms with Crippen LogP contribution in [0.3, 0.4) is 0 Å². The van der Waals surface area contributed by atoms with Gasteiger partial charge in [0.15, 0.2) is 6.29 Å². The minimum Gasteiger partial charge on any atom is -0.363 e. The molecule has 1 fully saturated rings. The van der Waals surface area contributed by atoms with Crippen molar-refractivity contribution in [2.45, 2.75) is 51.4 Å². The molecule has 1 aliphatic heterocycles. The maximum atomic E-state index is 10.1. The summed E-state index contributed by atoms with van der Waals surface area (Å²) in [7, 11) is 2.15. The molecule has 1 saturated heterocycles. The van der Waals surface area contributed by atoms with E-state index < -0.39 is 6.29 Å². The number of pyridine rings is 1. The van der Waals surface area contributed by atoms with E-state index in [9.17, 15) is 5.11 Å². The second kappa shape index (κ2) is 6.20. The highest BCUT2D eigenvalue weighted by atomic mass is 16.6. The fraction of sp³-hybridized carbons (Fsp3) is 0.688. The summed E-state index contributed by atoms with van der Waals surface area (Å²) in [6.45, 7) is 8.00. The summed E-state index contributed by atoms with van der Waals surface area (Å²) >= 11 is 0. The molecule has 1 aromatic heterocycles. The number of nitrogens with zero attached hydrogens (tertiary/aromatic N) is 2. The Hall–Kier alpha value is -0.970. The van der Waals surface area contributed by atoms with E-state index in [-0.39, 0.29) is 5.60 Å². The number of ether oxygens (including phenoxy) is 1. The largest absolute Gasteiger partial charge is 0.363 e. The van der Waals surface area contributed by atoms with E-state index in [1.54, 1.807) is 0 Å². The monoisotopic (exact) mass is 278 g/mol. The molecule has 1 aromatic rings. The van der Waals surface area contributed by atoms with Crippen molar-refractivity contribution >= 4 is 0 Å². The third kappa shape index (κ3) is 4.27. The van der Waals surface area contributed by atoms with Crippen molar-refractivity contribution in [2.24, 2.45) is 0 Å². The van der Waals surface area contributed by atoms with Crippen LogP contribution >= 0.6 is 0 Å². The minimum absolute atomic E-state index is 0.384. The number of hydrogen-bond donors (Lipinski definition) is 1. The molecule has 2 heterocycles. The van der Waals surface area contributed by atoms with E-state index in [1.165, 1.54) is 0 Å². The molecule has 0 radical (unpaired) electrons. The lowest BCUT2D eigenvalue weighted by Crippen LogP contribution is -2.29. The first kappa shape index (κ1) is 15.4. The molecule has 0 saturated carbocycles. The van der Waals surface area contributed by atoms with Crippen LogP contribution in [0.5, 0.6) is 0 Å². The fourth-order valence-corrected chi connectivity index (χ4v) is 2.53. The molecule has 0 amide bonds. The van der Waals surface area contributed by atoms with Crippen molar-refractivity contribution in [1.29, 1.82) is 0 Å². The van der Waals surface area contributed by atoms with Crippen LogP contribution in [0.2, 0.25) is 0 Å². The molecule has 4 nitrogen and oxygen atoms in total. The van der Waals surface area contributed by atoms with Gasteiger partial charge in [-0.1, -0.05) is 6.07 Å². The number of hydrogen-bond acceptors (Lipinski definition) is 4. The molecule has 20 heavy (non-hydrogen) atoms. The van der Waals surface area contributed by atoms with Crippen LogP contribution < -0.4 is 0 Å². The fourth-order valence-electron chi connectivity index (χ4n) is 2.53. The van der Waals surface area contributed by atoms with Crippen molar-refractivity contribution in [3.8, 4) is 0 Å². The van der Waals surface area contributed by atoms with Gasteiger partial charge in [0.2, 0.25) is 0 Å². The van der Waals surface area contributed by atoms with E-state index in [0.717, 1.165) is 31.6 Å². The van der Waals surface area contributed by atoms with Crippen LogP contribution in [0.4, 0.5) is 0 Å². The molecule has 0 bridgehead atoms. The van der Waals surface area contributed by atoms with E-state index >= 15 is 0 Å². The van der Waals surface area contributed by atoms with Crippen molar-refractivity contribution < 1.29 is 9.84 Å². The first-order chi connectivity index (χ1) is 9.35. The lowest BCUT2D eigenvalue weighted by atomic mass is 9.93. The average Bonchev–Trinajstić information content (AvgIpc) is 2.38. The maximum absolute atomic E-state index is 10.1. The number of aliphatic hydroxyl groups is 1. The van der Waals surface area contributed by atoms with Gasteiger partial charge in [0.1, 0.15) is 0 Å². The lowest BCUT2D eigenvalue weighted by Gasteiger charge is -2.29. The van der Waals surface area contributed by atoms with Gasteiger partial charge in [-0.3, -0.25) is 4.98 Å². The summed E-state index contributed by atoms with van der Waals surface area (Å²) in [6.07, 6.45) is 1.30. The molecular formula is C16H26N2O2. The smallest absolute Gasteiger partial charge is 0.199 e. The Morgan fingerprint density at radius 2 is 1.95 bits per heavy atom.